The van der Waals surface area contributed by atoms with E-state index in [1.165, 1.54) is 0 Å². The molecule has 5 heteroatoms. The Morgan fingerprint density at radius 1 is 1.44 bits per heavy atom. The molecule has 0 bridgehead atoms. The largest absolute Gasteiger partial charge is 0.368 e. The van der Waals surface area contributed by atoms with Gasteiger partial charge in [-0.25, -0.2) is 9.97 Å². The first kappa shape index (κ1) is 11.6. The molecule has 0 radical (unpaired) electrons. The first-order chi connectivity index (χ1) is 7.68. The van der Waals surface area contributed by atoms with Crippen LogP contribution in [0.25, 0.3) is 10.2 Å². The number of nitrogens with zero attached hydrogens (tertiary/aromatic N) is 2. The number of alkyl halides is 1. The molecule has 2 aromatic rings. The van der Waals surface area contributed by atoms with Gasteiger partial charge in [0.1, 0.15) is 17.0 Å². The van der Waals surface area contributed by atoms with Gasteiger partial charge in [-0.3, -0.25) is 0 Å². The Morgan fingerprint density at radius 3 is 3.00 bits per heavy atom. The van der Waals surface area contributed by atoms with Crippen molar-refractivity contribution in [2.45, 2.75) is 19.2 Å². The number of hydrogen-bond acceptors (Lipinski definition) is 4. The maximum atomic E-state index is 6.19. The van der Waals surface area contributed by atoms with Crippen LogP contribution in [0.1, 0.15) is 13.8 Å². The van der Waals surface area contributed by atoms with E-state index in [0.717, 1.165) is 22.6 Å². The van der Waals surface area contributed by atoms with E-state index in [9.17, 15) is 0 Å². The second kappa shape index (κ2) is 4.97. The summed E-state index contributed by atoms with van der Waals surface area (Å²) in [6.07, 6.45) is 1.58. The quantitative estimate of drug-likeness (QED) is 0.852. The van der Waals surface area contributed by atoms with Gasteiger partial charge in [0, 0.05) is 6.54 Å². The van der Waals surface area contributed by atoms with Crippen molar-refractivity contribution in [3.05, 3.63) is 17.8 Å². The molecule has 0 aliphatic heterocycles. The second-order valence-electron chi connectivity index (χ2n) is 4.00. The summed E-state index contributed by atoms with van der Waals surface area (Å²) in [6, 6.07) is 2.03. The molecule has 1 atom stereocenters. The molecule has 16 heavy (non-hydrogen) atoms. The van der Waals surface area contributed by atoms with Gasteiger partial charge in [-0.15, -0.1) is 22.9 Å². The lowest BCUT2D eigenvalue weighted by molar-refractivity contribution is 0.616. The van der Waals surface area contributed by atoms with E-state index in [1.54, 1.807) is 17.7 Å². The predicted molar refractivity (Wildman–Crippen MR) is 70.4 cm³/mol. The van der Waals surface area contributed by atoms with Crippen LogP contribution in [0, 0.1) is 5.92 Å². The first-order valence-electron chi connectivity index (χ1n) is 5.24. The Kier molecular flexibility index (Phi) is 3.61. The van der Waals surface area contributed by atoms with Gasteiger partial charge in [-0.1, -0.05) is 13.8 Å². The zero-order valence-electron chi connectivity index (χ0n) is 9.27. The third-order valence-corrected chi connectivity index (χ3v) is 3.93. The molecule has 0 spiro atoms. The van der Waals surface area contributed by atoms with Crippen molar-refractivity contribution in [3.63, 3.8) is 0 Å². The molecular weight excluding hydrogens is 242 g/mol. The fourth-order valence-corrected chi connectivity index (χ4v) is 2.17. The number of fused-ring (bicyclic) bond motifs is 1. The van der Waals surface area contributed by atoms with E-state index < -0.39 is 0 Å². The van der Waals surface area contributed by atoms with Crippen molar-refractivity contribution in [3.8, 4) is 0 Å². The zero-order valence-corrected chi connectivity index (χ0v) is 10.8. The Balaban J connectivity index is 2.12. The van der Waals surface area contributed by atoms with Gasteiger partial charge in [0.2, 0.25) is 0 Å². The number of rotatable bonds is 4. The highest BCUT2D eigenvalue weighted by atomic mass is 35.5. The molecule has 0 saturated heterocycles. The maximum Gasteiger partial charge on any atom is 0.138 e. The fraction of sp³-hybridized carbons (Fsp3) is 0.455. The highest BCUT2D eigenvalue weighted by Crippen LogP contribution is 2.24. The monoisotopic (exact) mass is 255 g/mol. The van der Waals surface area contributed by atoms with Crippen LogP contribution < -0.4 is 5.32 Å². The van der Waals surface area contributed by atoms with Crippen LogP contribution in [0.2, 0.25) is 0 Å². The number of hydrogen-bond donors (Lipinski definition) is 1. The molecule has 0 aromatic carbocycles. The van der Waals surface area contributed by atoms with Gasteiger partial charge < -0.3 is 5.32 Å². The molecule has 1 unspecified atom stereocenters. The summed E-state index contributed by atoms with van der Waals surface area (Å²) >= 11 is 7.81. The van der Waals surface area contributed by atoms with Crippen molar-refractivity contribution in [1.82, 2.24) is 9.97 Å². The van der Waals surface area contributed by atoms with Gasteiger partial charge in [-0.2, -0.15) is 0 Å². The molecule has 0 saturated carbocycles. The average molecular weight is 256 g/mol. The average Bonchev–Trinajstić information content (AvgIpc) is 2.73. The molecule has 0 aliphatic carbocycles. The van der Waals surface area contributed by atoms with E-state index in [2.05, 4.69) is 29.1 Å². The SMILES string of the molecule is CC(C)C(Cl)CNc1ncnc2sccc12. The van der Waals surface area contributed by atoms with E-state index in [0.29, 0.717) is 5.92 Å². The van der Waals surface area contributed by atoms with Gasteiger partial charge in [0.25, 0.3) is 0 Å². The summed E-state index contributed by atoms with van der Waals surface area (Å²) in [4.78, 5) is 9.44. The number of nitrogens with one attached hydrogen (secondary N) is 1. The summed E-state index contributed by atoms with van der Waals surface area (Å²) < 4.78 is 0. The van der Waals surface area contributed by atoms with Gasteiger partial charge >= 0.3 is 0 Å². The van der Waals surface area contributed by atoms with E-state index in [4.69, 9.17) is 11.6 Å². The molecule has 2 rings (SSSR count). The van der Waals surface area contributed by atoms with Gasteiger partial charge in [0.15, 0.2) is 0 Å². The minimum atomic E-state index is 0.114. The molecule has 0 aliphatic rings. The first-order valence-corrected chi connectivity index (χ1v) is 6.56. The van der Waals surface area contributed by atoms with Crippen LogP contribution in [-0.2, 0) is 0 Å². The van der Waals surface area contributed by atoms with Crippen LogP contribution in [-0.4, -0.2) is 21.9 Å². The molecule has 0 fully saturated rings. The lowest BCUT2D eigenvalue weighted by Gasteiger charge is -2.14. The summed E-state index contributed by atoms with van der Waals surface area (Å²) in [5, 5.41) is 6.48. The highest BCUT2D eigenvalue weighted by Gasteiger charge is 2.10. The standard InChI is InChI=1S/C11H14ClN3S/c1-7(2)9(12)5-13-10-8-3-4-16-11(8)15-6-14-10/h3-4,6-7,9H,5H2,1-2H3,(H,13,14,15). The third-order valence-electron chi connectivity index (χ3n) is 2.45. The molecular formula is C11H14ClN3S. The van der Waals surface area contributed by atoms with Crippen LogP contribution in [0.15, 0.2) is 17.8 Å². The molecule has 3 nitrogen and oxygen atoms in total. The topological polar surface area (TPSA) is 37.8 Å². The maximum absolute atomic E-state index is 6.19. The third kappa shape index (κ3) is 2.44. The van der Waals surface area contributed by atoms with Crippen LogP contribution in [0.5, 0.6) is 0 Å². The Hall–Kier alpha value is -0.870. The number of thiophene rings is 1. The zero-order chi connectivity index (χ0) is 11.5. The van der Waals surface area contributed by atoms with Crippen molar-refractivity contribution in [2.75, 3.05) is 11.9 Å². The Morgan fingerprint density at radius 2 is 2.25 bits per heavy atom. The summed E-state index contributed by atoms with van der Waals surface area (Å²) in [5.74, 6) is 1.33. The molecule has 0 amide bonds. The summed E-state index contributed by atoms with van der Waals surface area (Å²) in [6.45, 7) is 4.94. The molecule has 1 N–H and O–H groups in total. The summed E-state index contributed by atoms with van der Waals surface area (Å²) in [5.41, 5.74) is 0. The number of halogens is 1. The lowest BCUT2D eigenvalue weighted by atomic mass is 10.1. The normalized spacial score (nSPS) is 13.2. The van der Waals surface area contributed by atoms with Gasteiger partial charge in [0.05, 0.1) is 10.8 Å². The van der Waals surface area contributed by atoms with E-state index >= 15 is 0 Å². The minimum absolute atomic E-state index is 0.114. The minimum Gasteiger partial charge on any atom is -0.368 e. The Bertz CT molecular complexity index is 469. The Labute approximate surface area is 104 Å². The molecule has 2 heterocycles. The van der Waals surface area contributed by atoms with Crippen molar-refractivity contribution < 1.29 is 0 Å². The van der Waals surface area contributed by atoms with Gasteiger partial charge in [-0.05, 0) is 17.4 Å². The number of aromatic nitrogens is 2. The molecule has 86 valence electrons. The number of anilines is 1. The fourth-order valence-electron chi connectivity index (χ4n) is 1.36. The van der Waals surface area contributed by atoms with Crippen molar-refractivity contribution >= 4 is 39.0 Å². The van der Waals surface area contributed by atoms with Crippen molar-refractivity contribution in [1.29, 1.82) is 0 Å². The predicted octanol–water partition coefficient (Wildman–Crippen LogP) is 3.37. The lowest BCUT2D eigenvalue weighted by Crippen LogP contribution is -2.20. The highest BCUT2D eigenvalue weighted by molar-refractivity contribution is 7.16. The second-order valence-corrected chi connectivity index (χ2v) is 5.46. The van der Waals surface area contributed by atoms with E-state index in [1.807, 2.05) is 11.4 Å². The van der Waals surface area contributed by atoms with Crippen LogP contribution in [0.4, 0.5) is 5.82 Å². The summed E-state index contributed by atoms with van der Waals surface area (Å²) in [7, 11) is 0. The van der Waals surface area contributed by atoms with E-state index in [-0.39, 0.29) is 5.38 Å². The van der Waals surface area contributed by atoms with Crippen LogP contribution in [0.3, 0.4) is 0 Å². The van der Waals surface area contributed by atoms with Crippen LogP contribution >= 0.6 is 22.9 Å². The molecule has 2 aromatic heterocycles. The van der Waals surface area contributed by atoms with Crippen molar-refractivity contribution in [2.24, 2.45) is 5.92 Å². The smallest absolute Gasteiger partial charge is 0.138 e.